The molecule has 53 valence electrons. The molecule has 1 nitrogen and oxygen atoms in total. The van der Waals surface area contributed by atoms with Crippen molar-refractivity contribution >= 4 is 11.6 Å². The van der Waals surface area contributed by atoms with Gasteiger partial charge in [-0.15, -0.1) is 0 Å². The first-order valence-electron chi connectivity index (χ1n) is 3.13. The zero-order chi connectivity index (χ0) is 7.40. The van der Waals surface area contributed by atoms with Crippen molar-refractivity contribution in [3.63, 3.8) is 0 Å². The molecule has 0 aliphatic rings. The standard InChI is InChI=1S/C8H8ClO/c1-2-10-8-5-3-4-7(9)6-8/h3-4,6H,2H2,1H3. The van der Waals surface area contributed by atoms with E-state index in [0.29, 0.717) is 17.4 Å². The number of rotatable bonds is 2. The minimum atomic E-state index is 0.650. The van der Waals surface area contributed by atoms with E-state index in [1.54, 1.807) is 18.2 Å². The first kappa shape index (κ1) is 7.42. The molecule has 0 atom stereocenters. The SMILES string of the molecule is CCOc1[c]ccc(Cl)c1. The lowest BCUT2D eigenvalue weighted by atomic mass is 10.3. The number of hydrogen-bond donors (Lipinski definition) is 0. The van der Waals surface area contributed by atoms with Crippen molar-refractivity contribution in [2.45, 2.75) is 6.92 Å². The maximum atomic E-state index is 5.68. The minimum absolute atomic E-state index is 0.650. The average Bonchev–Trinajstić information content (AvgIpc) is 1.88. The lowest BCUT2D eigenvalue weighted by Gasteiger charge is -2.00. The Morgan fingerprint density at radius 1 is 1.70 bits per heavy atom. The molecular weight excluding hydrogens is 148 g/mol. The van der Waals surface area contributed by atoms with Crippen LogP contribution in [-0.2, 0) is 0 Å². The van der Waals surface area contributed by atoms with Gasteiger partial charge in [0.25, 0.3) is 0 Å². The Balaban J connectivity index is 2.75. The van der Waals surface area contributed by atoms with Crippen LogP contribution in [-0.4, -0.2) is 6.61 Å². The van der Waals surface area contributed by atoms with E-state index in [4.69, 9.17) is 16.3 Å². The Bertz CT molecular complexity index is 210. The molecule has 0 aliphatic heterocycles. The molecule has 0 fully saturated rings. The zero-order valence-corrected chi connectivity index (χ0v) is 6.48. The van der Waals surface area contributed by atoms with Crippen LogP contribution in [0.3, 0.4) is 0 Å². The highest BCUT2D eigenvalue weighted by atomic mass is 35.5. The first-order chi connectivity index (χ1) is 4.83. The summed E-state index contributed by atoms with van der Waals surface area (Å²) in [6.45, 7) is 2.57. The smallest absolute Gasteiger partial charge is 0.128 e. The van der Waals surface area contributed by atoms with Crippen LogP contribution in [0.15, 0.2) is 18.2 Å². The predicted molar refractivity (Wildman–Crippen MR) is 41.5 cm³/mol. The number of benzene rings is 1. The predicted octanol–water partition coefficient (Wildman–Crippen LogP) is 2.54. The van der Waals surface area contributed by atoms with Crippen LogP contribution < -0.4 is 4.74 Å². The lowest BCUT2D eigenvalue weighted by molar-refractivity contribution is 0.339. The highest BCUT2D eigenvalue weighted by molar-refractivity contribution is 6.30. The van der Waals surface area contributed by atoms with E-state index < -0.39 is 0 Å². The van der Waals surface area contributed by atoms with E-state index in [1.807, 2.05) is 6.92 Å². The molecule has 0 N–H and O–H groups in total. The molecule has 0 saturated carbocycles. The van der Waals surface area contributed by atoms with E-state index >= 15 is 0 Å². The Labute approximate surface area is 65.6 Å². The molecule has 0 spiro atoms. The van der Waals surface area contributed by atoms with Gasteiger partial charge in [0, 0.05) is 11.1 Å². The third-order valence-electron chi connectivity index (χ3n) is 1.04. The highest BCUT2D eigenvalue weighted by Crippen LogP contribution is 2.15. The fourth-order valence-corrected chi connectivity index (χ4v) is 0.819. The van der Waals surface area contributed by atoms with Gasteiger partial charge in [0.1, 0.15) is 5.75 Å². The van der Waals surface area contributed by atoms with Gasteiger partial charge in [-0.1, -0.05) is 11.6 Å². The van der Waals surface area contributed by atoms with E-state index in [1.165, 1.54) is 0 Å². The van der Waals surface area contributed by atoms with Gasteiger partial charge < -0.3 is 4.74 Å². The van der Waals surface area contributed by atoms with Crippen LogP contribution in [0.5, 0.6) is 5.75 Å². The van der Waals surface area contributed by atoms with Crippen molar-refractivity contribution in [2.24, 2.45) is 0 Å². The fourth-order valence-electron chi connectivity index (χ4n) is 0.657. The Kier molecular flexibility index (Phi) is 2.57. The fraction of sp³-hybridized carbons (Fsp3) is 0.250. The summed E-state index contributed by atoms with van der Waals surface area (Å²) in [5.74, 6) is 0.704. The van der Waals surface area contributed by atoms with Crippen LogP contribution in [0, 0.1) is 6.07 Å². The van der Waals surface area contributed by atoms with Gasteiger partial charge in [-0.25, -0.2) is 0 Å². The second-order valence-corrected chi connectivity index (χ2v) is 2.24. The summed E-state index contributed by atoms with van der Waals surface area (Å²) in [5.41, 5.74) is 0. The summed E-state index contributed by atoms with van der Waals surface area (Å²) in [4.78, 5) is 0. The second kappa shape index (κ2) is 3.47. The molecule has 1 radical (unpaired) electrons. The van der Waals surface area contributed by atoms with Gasteiger partial charge in [0.2, 0.25) is 0 Å². The Hall–Kier alpha value is -0.690. The van der Waals surface area contributed by atoms with Crippen molar-refractivity contribution in [1.82, 2.24) is 0 Å². The van der Waals surface area contributed by atoms with Gasteiger partial charge in [-0.2, -0.15) is 0 Å². The van der Waals surface area contributed by atoms with Crippen molar-refractivity contribution < 1.29 is 4.74 Å². The topological polar surface area (TPSA) is 9.23 Å². The monoisotopic (exact) mass is 155 g/mol. The van der Waals surface area contributed by atoms with Crippen LogP contribution in [0.25, 0.3) is 0 Å². The second-order valence-electron chi connectivity index (χ2n) is 1.80. The molecule has 0 aliphatic carbocycles. The summed E-state index contributed by atoms with van der Waals surface area (Å²) >= 11 is 5.68. The van der Waals surface area contributed by atoms with Gasteiger partial charge in [0.15, 0.2) is 0 Å². The third-order valence-corrected chi connectivity index (χ3v) is 1.27. The van der Waals surface area contributed by atoms with Gasteiger partial charge in [-0.05, 0) is 25.1 Å². The maximum Gasteiger partial charge on any atom is 0.128 e. The van der Waals surface area contributed by atoms with Crippen LogP contribution in [0.2, 0.25) is 5.02 Å². The quantitative estimate of drug-likeness (QED) is 0.638. The van der Waals surface area contributed by atoms with E-state index in [0.717, 1.165) is 0 Å². The molecule has 10 heavy (non-hydrogen) atoms. The molecule has 2 heteroatoms. The molecule has 0 aromatic heterocycles. The number of halogens is 1. The van der Waals surface area contributed by atoms with E-state index in [-0.39, 0.29) is 0 Å². The molecule has 1 rings (SSSR count). The van der Waals surface area contributed by atoms with Crippen LogP contribution >= 0.6 is 11.6 Å². The molecule has 0 unspecified atom stereocenters. The zero-order valence-electron chi connectivity index (χ0n) is 5.73. The molecule has 0 heterocycles. The molecule has 0 saturated heterocycles. The third kappa shape index (κ3) is 1.92. The number of ether oxygens (including phenoxy) is 1. The largest absolute Gasteiger partial charge is 0.493 e. The highest BCUT2D eigenvalue weighted by Gasteiger charge is 1.91. The maximum absolute atomic E-state index is 5.68. The van der Waals surface area contributed by atoms with Gasteiger partial charge in [-0.3, -0.25) is 0 Å². The molecule has 1 aromatic rings. The van der Waals surface area contributed by atoms with E-state index in [9.17, 15) is 0 Å². The van der Waals surface area contributed by atoms with Crippen LogP contribution in [0.4, 0.5) is 0 Å². The van der Waals surface area contributed by atoms with Crippen molar-refractivity contribution in [1.29, 1.82) is 0 Å². The first-order valence-corrected chi connectivity index (χ1v) is 3.50. The summed E-state index contributed by atoms with van der Waals surface area (Å²) in [7, 11) is 0. The molecule has 0 amide bonds. The van der Waals surface area contributed by atoms with Crippen LogP contribution in [0.1, 0.15) is 6.92 Å². The summed E-state index contributed by atoms with van der Waals surface area (Å²) in [5, 5.41) is 0.683. The molecule has 1 aromatic carbocycles. The Morgan fingerprint density at radius 2 is 2.50 bits per heavy atom. The summed E-state index contributed by atoms with van der Waals surface area (Å²) in [6, 6.07) is 8.16. The Morgan fingerprint density at radius 3 is 3.10 bits per heavy atom. The number of hydrogen-bond acceptors (Lipinski definition) is 1. The van der Waals surface area contributed by atoms with Crippen molar-refractivity contribution in [2.75, 3.05) is 6.61 Å². The molecular formula is C8H8ClO. The van der Waals surface area contributed by atoms with E-state index in [2.05, 4.69) is 6.07 Å². The average molecular weight is 156 g/mol. The van der Waals surface area contributed by atoms with Crippen molar-refractivity contribution in [3.8, 4) is 5.75 Å². The van der Waals surface area contributed by atoms with Gasteiger partial charge >= 0.3 is 0 Å². The minimum Gasteiger partial charge on any atom is -0.493 e. The molecule has 0 bridgehead atoms. The summed E-state index contributed by atoms with van der Waals surface area (Å²) < 4.78 is 5.15. The summed E-state index contributed by atoms with van der Waals surface area (Å²) in [6.07, 6.45) is 0. The lowest BCUT2D eigenvalue weighted by Crippen LogP contribution is -1.90. The van der Waals surface area contributed by atoms with Gasteiger partial charge in [0.05, 0.1) is 6.61 Å². The van der Waals surface area contributed by atoms with Crippen molar-refractivity contribution in [3.05, 3.63) is 29.3 Å². The normalized spacial score (nSPS) is 9.40.